The number of primary amides is 1. The van der Waals surface area contributed by atoms with Crippen LogP contribution in [0.2, 0.25) is 0 Å². The molecule has 2 atom stereocenters. The van der Waals surface area contributed by atoms with E-state index < -0.39 is 5.91 Å². The lowest BCUT2D eigenvalue weighted by Crippen LogP contribution is -2.27. The summed E-state index contributed by atoms with van der Waals surface area (Å²) in [7, 11) is 0. The van der Waals surface area contributed by atoms with Gasteiger partial charge in [0.15, 0.2) is 6.61 Å². The van der Waals surface area contributed by atoms with E-state index in [1.165, 1.54) is 16.9 Å². The van der Waals surface area contributed by atoms with Crippen molar-refractivity contribution in [3.63, 3.8) is 0 Å². The number of benzene rings is 1. The Morgan fingerprint density at radius 1 is 1.26 bits per heavy atom. The van der Waals surface area contributed by atoms with Crippen LogP contribution in [-0.2, 0) is 17.6 Å². The number of amides is 2. The van der Waals surface area contributed by atoms with Gasteiger partial charge in [0.1, 0.15) is 10.8 Å². The van der Waals surface area contributed by atoms with Crippen LogP contribution in [0.4, 0.5) is 5.00 Å². The number of nitrogens with one attached hydrogen (secondary N) is 1. The number of carbonyl (C=O) groups excluding carboxylic acids is 2. The summed E-state index contributed by atoms with van der Waals surface area (Å²) in [6, 6.07) is 7.84. The van der Waals surface area contributed by atoms with Crippen molar-refractivity contribution in [2.75, 3.05) is 11.9 Å². The Balaban J connectivity index is 1.67. The number of carbonyl (C=O) groups is 2. The van der Waals surface area contributed by atoms with Crippen molar-refractivity contribution in [1.29, 1.82) is 0 Å². The van der Waals surface area contributed by atoms with Crippen molar-refractivity contribution in [2.24, 2.45) is 17.1 Å². The second-order valence-corrected chi connectivity index (χ2v) is 10.7. The lowest BCUT2D eigenvalue weighted by atomic mass is 9.72. The van der Waals surface area contributed by atoms with E-state index in [2.05, 4.69) is 39.9 Å². The van der Waals surface area contributed by atoms with Crippen molar-refractivity contribution in [3.05, 3.63) is 45.8 Å². The second-order valence-electron chi connectivity index (χ2n) is 9.59. The standard InChI is InChI=1S/C25H34N2O3S/c1-6-15(2)16-7-10-18(11-8-16)30-14-21(28)27-24-22(23(26)29)19-12-9-17(25(3,4)5)13-20(19)31-24/h7-8,10-11,15,17H,6,9,12-14H2,1-5H3,(H2,26,29)(H,27,28)/t15-,17+/m0/s1. The summed E-state index contributed by atoms with van der Waals surface area (Å²) in [6.45, 7) is 11.0. The second kappa shape index (κ2) is 9.43. The Bertz CT molecular complexity index is 941. The van der Waals surface area contributed by atoms with Crippen LogP contribution in [0.15, 0.2) is 24.3 Å². The van der Waals surface area contributed by atoms with E-state index in [0.717, 1.165) is 36.1 Å². The van der Waals surface area contributed by atoms with Crippen molar-refractivity contribution < 1.29 is 14.3 Å². The fourth-order valence-corrected chi connectivity index (χ4v) is 5.46. The quantitative estimate of drug-likeness (QED) is 0.591. The zero-order chi connectivity index (χ0) is 22.8. The first-order chi connectivity index (χ1) is 14.6. The molecule has 0 unspecified atom stereocenters. The van der Waals surface area contributed by atoms with Crippen LogP contribution in [0.3, 0.4) is 0 Å². The number of hydrogen-bond donors (Lipinski definition) is 2. The van der Waals surface area contributed by atoms with E-state index in [0.29, 0.717) is 28.1 Å². The summed E-state index contributed by atoms with van der Waals surface area (Å²) in [5.41, 5.74) is 8.62. The number of hydrogen-bond acceptors (Lipinski definition) is 4. The molecule has 1 aliphatic rings. The average molecular weight is 443 g/mol. The van der Waals surface area contributed by atoms with Crippen LogP contribution in [0.1, 0.15) is 79.7 Å². The van der Waals surface area contributed by atoms with Crippen molar-refractivity contribution in [2.45, 2.75) is 66.2 Å². The minimum absolute atomic E-state index is 0.117. The third-order valence-corrected chi connectivity index (χ3v) is 7.59. The van der Waals surface area contributed by atoms with Crippen molar-refractivity contribution in [3.8, 4) is 5.75 Å². The van der Waals surface area contributed by atoms with Crippen molar-refractivity contribution >= 4 is 28.2 Å². The Morgan fingerprint density at radius 3 is 2.52 bits per heavy atom. The molecule has 2 aromatic rings. The Morgan fingerprint density at radius 2 is 1.94 bits per heavy atom. The minimum atomic E-state index is -0.483. The van der Waals surface area contributed by atoms with Gasteiger partial charge < -0.3 is 15.8 Å². The summed E-state index contributed by atoms with van der Waals surface area (Å²) >= 11 is 1.48. The highest BCUT2D eigenvalue weighted by atomic mass is 32.1. The number of ether oxygens (including phenoxy) is 1. The molecule has 0 saturated carbocycles. The van der Waals surface area contributed by atoms with Crippen LogP contribution in [0, 0.1) is 11.3 Å². The summed E-state index contributed by atoms with van der Waals surface area (Å²) in [4.78, 5) is 25.9. The zero-order valence-electron chi connectivity index (χ0n) is 19.2. The average Bonchev–Trinajstić information content (AvgIpc) is 3.08. The zero-order valence-corrected chi connectivity index (χ0v) is 20.0. The van der Waals surface area contributed by atoms with Crippen LogP contribution in [-0.4, -0.2) is 18.4 Å². The molecule has 1 heterocycles. The van der Waals surface area contributed by atoms with E-state index in [4.69, 9.17) is 10.5 Å². The highest BCUT2D eigenvalue weighted by molar-refractivity contribution is 7.17. The molecule has 1 aromatic heterocycles. The smallest absolute Gasteiger partial charge is 0.262 e. The minimum Gasteiger partial charge on any atom is -0.484 e. The van der Waals surface area contributed by atoms with Gasteiger partial charge in [-0.1, -0.05) is 46.8 Å². The van der Waals surface area contributed by atoms with Crippen LogP contribution in [0.25, 0.3) is 0 Å². The van der Waals surface area contributed by atoms with Gasteiger partial charge in [-0.3, -0.25) is 9.59 Å². The molecule has 31 heavy (non-hydrogen) atoms. The fraction of sp³-hybridized carbons (Fsp3) is 0.520. The highest BCUT2D eigenvalue weighted by Crippen LogP contribution is 2.44. The van der Waals surface area contributed by atoms with Gasteiger partial charge in [-0.15, -0.1) is 11.3 Å². The third-order valence-electron chi connectivity index (χ3n) is 6.42. The van der Waals surface area contributed by atoms with Crippen LogP contribution in [0.5, 0.6) is 5.75 Å². The lowest BCUT2D eigenvalue weighted by molar-refractivity contribution is -0.118. The van der Waals surface area contributed by atoms with Gasteiger partial charge in [0.2, 0.25) is 0 Å². The van der Waals surface area contributed by atoms with E-state index in [9.17, 15) is 9.59 Å². The predicted octanol–water partition coefficient (Wildman–Crippen LogP) is 5.53. The molecule has 0 saturated heterocycles. The first-order valence-corrected chi connectivity index (χ1v) is 11.9. The van der Waals surface area contributed by atoms with Gasteiger partial charge in [-0.25, -0.2) is 0 Å². The molecule has 0 spiro atoms. The van der Waals surface area contributed by atoms with Gasteiger partial charge >= 0.3 is 0 Å². The molecular weight excluding hydrogens is 408 g/mol. The van der Waals surface area contributed by atoms with Crippen molar-refractivity contribution in [1.82, 2.24) is 0 Å². The fourth-order valence-electron chi connectivity index (χ4n) is 4.11. The SMILES string of the molecule is CC[C@H](C)c1ccc(OCC(=O)Nc2sc3c(c2C(N)=O)CC[C@@H](C(C)(C)C)C3)cc1. The largest absolute Gasteiger partial charge is 0.484 e. The topological polar surface area (TPSA) is 81.4 Å². The molecular formula is C25H34N2O3S. The molecule has 0 fully saturated rings. The van der Waals surface area contributed by atoms with Crippen LogP contribution < -0.4 is 15.8 Å². The normalized spacial score (nSPS) is 17.0. The number of thiophene rings is 1. The Hall–Kier alpha value is -2.34. The maximum Gasteiger partial charge on any atom is 0.262 e. The number of nitrogens with two attached hydrogens (primary N) is 1. The van der Waals surface area contributed by atoms with E-state index >= 15 is 0 Å². The molecule has 6 heteroatoms. The summed E-state index contributed by atoms with van der Waals surface area (Å²) in [5.74, 6) is 0.913. The molecule has 3 N–H and O–H groups in total. The maximum absolute atomic E-state index is 12.5. The van der Waals surface area contributed by atoms with E-state index in [1.807, 2.05) is 24.3 Å². The van der Waals surface area contributed by atoms with Gasteiger partial charge in [0, 0.05) is 4.88 Å². The summed E-state index contributed by atoms with van der Waals surface area (Å²) in [6.07, 6.45) is 3.84. The molecule has 0 radical (unpaired) electrons. The maximum atomic E-state index is 12.5. The first kappa shape index (κ1) is 23.3. The monoisotopic (exact) mass is 442 g/mol. The molecule has 2 amide bonds. The predicted molar refractivity (Wildman–Crippen MR) is 127 cm³/mol. The molecule has 1 aromatic carbocycles. The van der Waals surface area contributed by atoms with E-state index in [-0.39, 0.29) is 17.9 Å². The third kappa shape index (κ3) is 5.48. The molecule has 3 rings (SSSR count). The molecule has 1 aliphatic carbocycles. The van der Waals surface area contributed by atoms with Gasteiger partial charge in [0.25, 0.3) is 11.8 Å². The van der Waals surface area contributed by atoms with Crippen LogP contribution >= 0.6 is 11.3 Å². The van der Waals surface area contributed by atoms with Gasteiger partial charge in [0.05, 0.1) is 5.56 Å². The van der Waals surface area contributed by atoms with Gasteiger partial charge in [-0.2, -0.15) is 0 Å². The lowest BCUT2D eigenvalue weighted by Gasteiger charge is -2.33. The van der Waals surface area contributed by atoms with Gasteiger partial charge in [-0.05, 0) is 66.2 Å². The Kier molecular flexibility index (Phi) is 7.10. The first-order valence-electron chi connectivity index (χ1n) is 11.1. The molecule has 0 bridgehead atoms. The summed E-state index contributed by atoms with van der Waals surface area (Å²) < 4.78 is 5.65. The number of rotatable bonds is 7. The van der Waals surface area contributed by atoms with E-state index in [1.54, 1.807) is 0 Å². The molecule has 168 valence electrons. The Labute approximate surface area is 189 Å². The summed E-state index contributed by atoms with van der Waals surface area (Å²) in [5, 5.41) is 3.41. The number of fused-ring (bicyclic) bond motifs is 1. The molecule has 0 aliphatic heterocycles. The molecule has 5 nitrogen and oxygen atoms in total. The highest BCUT2D eigenvalue weighted by Gasteiger charge is 2.33. The number of anilines is 1.